The number of hydrogen-bond acceptors (Lipinski definition) is 2. The Bertz CT molecular complexity index is 470. The highest BCUT2D eigenvalue weighted by Gasteiger charge is 2.44. The second-order valence-corrected chi connectivity index (χ2v) is 11.6. The molecule has 0 N–H and O–H groups in total. The lowest BCUT2D eigenvalue weighted by Gasteiger charge is -2.31. The molecule has 0 amide bonds. The lowest BCUT2D eigenvalue weighted by atomic mass is 10.1. The van der Waals surface area contributed by atoms with Crippen molar-refractivity contribution in [1.29, 1.82) is 0 Å². The standard InChI is InChI=1S/C13H19IO2S/c1-12(2,3)17(15,16)13(4,14)10-11-8-6-5-7-9-11/h5-9H,10H2,1-4H3. The zero-order chi connectivity index (χ0) is 13.3. The largest absolute Gasteiger partial charge is 0.227 e. The van der Waals surface area contributed by atoms with Gasteiger partial charge in [0.2, 0.25) is 0 Å². The van der Waals surface area contributed by atoms with E-state index in [4.69, 9.17) is 0 Å². The van der Waals surface area contributed by atoms with Crippen LogP contribution >= 0.6 is 22.6 Å². The molecule has 0 aliphatic heterocycles. The van der Waals surface area contributed by atoms with E-state index in [9.17, 15) is 8.42 Å². The van der Waals surface area contributed by atoms with Crippen LogP contribution in [0, 0.1) is 0 Å². The second kappa shape index (κ2) is 4.88. The molecule has 0 aliphatic carbocycles. The van der Waals surface area contributed by atoms with Crippen molar-refractivity contribution in [2.45, 2.75) is 41.6 Å². The fourth-order valence-electron chi connectivity index (χ4n) is 1.69. The molecule has 0 radical (unpaired) electrons. The Morgan fingerprint density at radius 2 is 1.53 bits per heavy atom. The molecule has 0 aliphatic rings. The highest BCUT2D eigenvalue weighted by Crippen LogP contribution is 2.37. The van der Waals surface area contributed by atoms with Gasteiger partial charge in [0.05, 0.1) is 4.75 Å². The summed E-state index contributed by atoms with van der Waals surface area (Å²) in [5.41, 5.74) is 1.05. The van der Waals surface area contributed by atoms with Gasteiger partial charge in [-0.25, -0.2) is 8.42 Å². The molecule has 17 heavy (non-hydrogen) atoms. The molecule has 96 valence electrons. The van der Waals surface area contributed by atoms with Crippen LogP contribution in [0.1, 0.15) is 33.3 Å². The number of halogens is 1. The maximum atomic E-state index is 12.5. The smallest absolute Gasteiger partial charge is 0.170 e. The Morgan fingerprint density at radius 3 is 1.94 bits per heavy atom. The first-order valence-corrected chi connectivity index (χ1v) is 8.11. The topological polar surface area (TPSA) is 34.1 Å². The van der Waals surface area contributed by atoms with Gasteiger partial charge in [0, 0.05) is 6.42 Å². The molecule has 0 saturated carbocycles. The van der Waals surface area contributed by atoms with Gasteiger partial charge in [0.1, 0.15) is 2.75 Å². The molecule has 0 heterocycles. The molecule has 0 aromatic heterocycles. The molecule has 1 unspecified atom stereocenters. The molecule has 2 nitrogen and oxygen atoms in total. The van der Waals surface area contributed by atoms with Crippen LogP contribution in [0.15, 0.2) is 30.3 Å². The van der Waals surface area contributed by atoms with Crippen LogP contribution in [0.4, 0.5) is 0 Å². The summed E-state index contributed by atoms with van der Waals surface area (Å²) in [5, 5.41) is 0. The van der Waals surface area contributed by atoms with Crippen LogP contribution < -0.4 is 0 Å². The van der Waals surface area contributed by atoms with Crippen molar-refractivity contribution >= 4 is 32.4 Å². The van der Waals surface area contributed by atoms with Gasteiger partial charge >= 0.3 is 0 Å². The van der Waals surface area contributed by atoms with Crippen molar-refractivity contribution in [3.8, 4) is 0 Å². The fraction of sp³-hybridized carbons (Fsp3) is 0.538. The minimum atomic E-state index is -3.19. The molecule has 0 fully saturated rings. The quantitative estimate of drug-likeness (QED) is 0.605. The average molecular weight is 366 g/mol. The predicted octanol–water partition coefficient (Wildman–Crippen LogP) is 3.59. The van der Waals surface area contributed by atoms with E-state index in [0.29, 0.717) is 6.42 Å². The van der Waals surface area contributed by atoms with Gasteiger partial charge in [-0.05, 0) is 33.3 Å². The monoisotopic (exact) mass is 366 g/mol. The molecular formula is C13H19IO2S. The lowest BCUT2D eigenvalue weighted by Crippen LogP contribution is -2.43. The summed E-state index contributed by atoms with van der Waals surface area (Å²) in [5.74, 6) is 0. The van der Waals surface area contributed by atoms with Crippen LogP contribution in [0.3, 0.4) is 0 Å². The van der Waals surface area contributed by atoms with Crippen molar-refractivity contribution < 1.29 is 8.42 Å². The minimum absolute atomic E-state index is 0.536. The fourth-order valence-corrected chi connectivity index (χ4v) is 5.75. The van der Waals surface area contributed by atoms with Crippen LogP contribution in [-0.2, 0) is 16.3 Å². The van der Waals surface area contributed by atoms with Crippen LogP contribution in [-0.4, -0.2) is 15.9 Å². The zero-order valence-electron chi connectivity index (χ0n) is 10.7. The number of alkyl halides is 1. The van der Waals surface area contributed by atoms with Crippen molar-refractivity contribution in [1.82, 2.24) is 0 Å². The summed E-state index contributed by atoms with van der Waals surface area (Å²) in [7, 11) is -3.19. The van der Waals surface area contributed by atoms with E-state index in [-0.39, 0.29) is 0 Å². The summed E-state index contributed by atoms with van der Waals surface area (Å²) >= 11 is 2.06. The maximum absolute atomic E-state index is 12.5. The summed E-state index contributed by atoms with van der Waals surface area (Å²) in [4.78, 5) is 0. The molecule has 1 aromatic carbocycles. The maximum Gasteiger partial charge on any atom is 0.170 e. The minimum Gasteiger partial charge on any atom is -0.227 e. The summed E-state index contributed by atoms with van der Waals surface area (Å²) in [6.45, 7) is 7.06. The first-order chi connectivity index (χ1) is 7.58. The Labute approximate surface area is 118 Å². The Kier molecular flexibility index (Phi) is 4.29. The number of benzene rings is 1. The Morgan fingerprint density at radius 1 is 1.06 bits per heavy atom. The van der Waals surface area contributed by atoms with E-state index in [1.807, 2.05) is 30.3 Å². The highest BCUT2D eigenvalue weighted by atomic mass is 127. The molecule has 0 bridgehead atoms. The molecule has 0 spiro atoms. The van der Waals surface area contributed by atoms with Gasteiger partial charge in [-0.1, -0.05) is 52.9 Å². The summed E-state index contributed by atoms with van der Waals surface area (Å²) in [6.07, 6.45) is 0.536. The number of hydrogen-bond donors (Lipinski definition) is 0. The van der Waals surface area contributed by atoms with E-state index in [0.717, 1.165) is 5.56 Å². The third kappa shape index (κ3) is 3.22. The molecule has 1 aromatic rings. The molecule has 1 rings (SSSR count). The van der Waals surface area contributed by atoms with Gasteiger partial charge in [-0.15, -0.1) is 0 Å². The van der Waals surface area contributed by atoms with E-state index in [1.165, 1.54) is 0 Å². The highest BCUT2D eigenvalue weighted by molar-refractivity contribution is 14.1. The third-order valence-electron chi connectivity index (χ3n) is 2.73. The SMILES string of the molecule is CC(C)(C)S(=O)(=O)C(C)(I)Cc1ccccc1. The Hall–Kier alpha value is -0.100. The van der Waals surface area contributed by atoms with Crippen molar-refractivity contribution in [2.75, 3.05) is 0 Å². The molecular weight excluding hydrogens is 347 g/mol. The lowest BCUT2D eigenvalue weighted by molar-refractivity contribution is 0.543. The van der Waals surface area contributed by atoms with E-state index in [2.05, 4.69) is 22.6 Å². The van der Waals surface area contributed by atoms with Gasteiger partial charge in [-0.3, -0.25) is 0 Å². The van der Waals surface area contributed by atoms with Crippen molar-refractivity contribution in [2.24, 2.45) is 0 Å². The summed E-state index contributed by atoms with van der Waals surface area (Å²) < 4.78 is 23.4. The average Bonchev–Trinajstić information content (AvgIpc) is 2.16. The third-order valence-corrected chi connectivity index (χ3v) is 7.73. The number of rotatable bonds is 3. The van der Waals surface area contributed by atoms with Gasteiger partial charge in [-0.2, -0.15) is 0 Å². The van der Waals surface area contributed by atoms with E-state index >= 15 is 0 Å². The molecule has 1 atom stereocenters. The van der Waals surface area contributed by atoms with Crippen LogP contribution in [0.5, 0.6) is 0 Å². The molecule has 0 saturated heterocycles. The molecule has 4 heteroatoms. The number of sulfone groups is 1. The Balaban J connectivity index is 3.06. The van der Waals surface area contributed by atoms with Gasteiger partial charge in [0.25, 0.3) is 0 Å². The van der Waals surface area contributed by atoms with Gasteiger partial charge < -0.3 is 0 Å². The zero-order valence-corrected chi connectivity index (χ0v) is 13.7. The predicted molar refractivity (Wildman–Crippen MR) is 81.2 cm³/mol. The second-order valence-electron chi connectivity index (χ2n) is 5.38. The van der Waals surface area contributed by atoms with Crippen molar-refractivity contribution in [3.63, 3.8) is 0 Å². The van der Waals surface area contributed by atoms with E-state index in [1.54, 1.807) is 27.7 Å². The van der Waals surface area contributed by atoms with Gasteiger partial charge in [0.15, 0.2) is 9.84 Å². The van der Waals surface area contributed by atoms with Crippen molar-refractivity contribution in [3.05, 3.63) is 35.9 Å². The normalized spacial score (nSPS) is 16.5. The van der Waals surface area contributed by atoms with Crippen LogP contribution in [0.25, 0.3) is 0 Å². The first-order valence-electron chi connectivity index (χ1n) is 5.55. The van der Waals surface area contributed by atoms with Crippen LogP contribution in [0.2, 0.25) is 0 Å². The summed E-state index contributed by atoms with van der Waals surface area (Å²) in [6, 6.07) is 9.74. The van der Waals surface area contributed by atoms with E-state index < -0.39 is 17.3 Å². The first kappa shape index (κ1) is 15.0.